The van der Waals surface area contributed by atoms with E-state index in [4.69, 9.17) is 21.1 Å². The lowest BCUT2D eigenvalue weighted by molar-refractivity contribution is -0.115. The van der Waals surface area contributed by atoms with Gasteiger partial charge in [0.25, 0.3) is 0 Å². The second kappa shape index (κ2) is 7.03. The average molecular weight is 393 g/mol. The molecule has 1 N–H and O–H groups in total. The van der Waals surface area contributed by atoms with E-state index in [1.54, 1.807) is 23.5 Å². The number of thiophene rings is 1. The zero-order valence-corrected chi connectivity index (χ0v) is 15.3. The summed E-state index contributed by atoms with van der Waals surface area (Å²) in [5, 5.41) is 7.80. The number of benzene rings is 1. The fourth-order valence-corrected chi connectivity index (χ4v) is 4.26. The second-order valence-corrected chi connectivity index (χ2v) is 7.55. The third-order valence-corrected chi connectivity index (χ3v) is 5.48. The predicted octanol–water partition coefficient (Wildman–Crippen LogP) is 4.48. The molecule has 0 aliphatic carbocycles. The number of rotatable bonds is 4. The minimum Gasteiger partial charge on any atom is -0.486 e. The van der Waals surface area contributed by atoms with E-state index in [1.807, 2.05) is 22.9 Å². The van der Waals surface area contributed by atoms with E-state index >= 15 is 0 Å². The highest BCUT2D eigenvalue weighted by molar-refractivity contribution is 7.16. The van der Waals surface area contributed by atoms with Gasteiger partial charge in [0.15, 0.2) is 16.6 Å². The summed E-state index contributed by atoms with van der Waals surface area (Å²) in [4.78, 5) is 17.8. The fraction of sp³-hybridized carbons (Fsp3) is 0.176. The summed E-state index contributed by atoms with van der Waals surface area (Å²) < 4.78 is 11.0. The number of halogens is 1. The van der Waals surface area contributed by atoms with Crippen molar-refractivity contribution in [2.24, 2.45) is 0 Å². The number of hydrogen-bond donors (Lipinski definition) is 1. The first-order valence-electron chi connectivity index (χ1n) is 7.56. The molecule has 0 unspecified atom stereocenters. The summed E-state index contributed by atoms with van der Waals surface area (Å²) >= 11 is 9.23. The van der Waals surface area contributed by atoms with Crippen LogP contribution >= 0.6 is 34.3 Å². The Hall–Kier alpha value is -2.09. The van der Waals surface area contributed by atoms with Crippen LogP contribution in [-0.4, -0.2) is 24.1 Å². The van der Waals surface area contributed by atoms with Gasteiger partial charge >= 0.3 is 0 Å². The first kappa shape index (κ1) is 16.4. The summed E-state index contributed by atoms with van der Waals surface area (Å²) in [6.45, 7) is 0.951. The molecule has 0 radical (unpaired) electrons. The number of anilines is 1. The highest BCUT2D eigenvalue weighted by atomic mass is 35.5. The average Bonchev–Trinajstić information content (AvgIpc) is 3.26. The lowest BCUT2D eigenvalue weighted by atomic mass is 10.1. The van der Waals surface area contributed by atoms with Crippen molar-refractivity contribution in [1.29, 1.82) is 0 Å². The number of ether oxygens (including phenoxy) is 2. The molecular formula is C17H13ClN2O3S2. The Morgan fingerprint density at radius 3 is 3.00 bits per heavy atom. The number of carbonyl (C=O) groups excluding carboxylic acids is 1. The molecule has 0 spiro atoms. The van der Waals surface area contributed by atoms with E-state index in [9.17, 15) is 4.79 Å². The Bertz CT molecular complexity index is 909. The van der Waals surface area contributed by atoms with Crippen LogP contribution in [0.4, 0.5) is 5.13 Å². The van der Waals surface area contributed by atoms with Crippen molar-refractivity contribution in [3.8, 4) is 22.1 Å². The molecule has 0 fully saturated rings. The first-order valence-corrected chi connectivity index (χ1v) is 9.70. The molecule has 25 heavy (non-hydrogen) atoms. The molecule has 0 atom stereocenters. The first-order chi connectivity index (χ1) is 12.2. The summed E-state index contributed by atoms with van der Waals surface area (Å²) in [6.07, 6.45) is 0.185. The summed E-state index contributed by atoms with van der Waals surface area (Å²) in [6, 6.07) is 7.50. The van der Waals surface area contributed by atoms with Crippen LogP contribution in [0, 0.1) is 0 Å². The van der Waals surface area contributed by atoms with E-state index in [2.05, 4.69) is 10.3 Å². The Morgan fingerprint density at radius 2 is 2.16 bits per heavy atom. The Balaban J connectivity index is 1.45. The number of nitrogens with zero attached hydrogens (tertiary/aromatic N) is 1. The van der Waals surface area contributed by atoms with E-state index in [0.29, 0.717) is 34.9 Å². The molecule has 8 heteroatoms. The SMILES string of the molecule is O=C(Cc1cc(Cl)c2c(c1)OCCO2)Nc1nc(-c2cccs2)cs1. The van der Waals surface area contributed by atoms with Crippen molar-refractivity contribution in [3.63, 3.8) is 0 Å². The van der Waals surface area contributed by atoms with E-state index in [1.165, 1.54) is 11.3 Å². The van der Waals surface area contributed by atoms with Crippen molar-refractivity contribution in [2.75, 3.05) is 18.5 Å². The fourth-order valence-electron chi connectivity index (χ4n) is 2.48. The molecule has 1 aromatic carbocycles. The Labute approximate surface area is 157 Å². The van der Waals surface area contributed by atoms with Crippen molar-refractivity contribution < 1.29 is 14.3 Å². The number of fused-ring (bicyclic) bond motifs is 1. The zero-order valence-electron chi connectivity index (χ0n) is 13.0. The predicted molar refractivity (Wildman–Crippen MR) is 100 cm³/mol. The van der Waals surface area contributed by atoms with Gasteiger partial charge in [0.05, 0.1) is 22.0 Å². The van der Waals surface area contributed by atoms with Crippen molar-refractivity contribution >= 4 is 45.3 Å². The molecule has 3 aromatic rings. The van der Waals surface area contributed by atoms with Gasteiger partial charge in [0.1, 0.15) is 13.2 Å². The maximum atomic E-state index is 12.3. The molecule has 0 saturated carbocycles. The van der Waals surface area contributed by atoms with Gasteiger partial charge in [-0.25, -0.2) is 4.98 Å². The van der Waals surface area contributed by atoms with Crippen molar-refractivity contribution in [1.82, 2.24) is 4.98 Å². The van der Waals surface area contributed by atoms with Gasteiger partial charge in [0.2, 0.25) is 5.91 Å². The molecule has 4 rings (SSSR count). The maximum absolute atomic E-state index is 12.3. The minimum atomic E-state index is -0.153. The highest BCUT2D eigenvalue weighted by Crippen LogP contribution is 2.38. The molecule has 0 saturated heterocycles. The smallest absolute Gasteiger partial charge is 0.230 e. The van der Waals surface area contributed by atoms with Crippen LogP contribution in [0.15, 0.2) is 35.0 Å². The summed E-state index contributed by atoms with van der Waals surface area (Å²) in [7, 11) is 0. The lowest BCUT2D eigenvalue weighted by Gasteiger charge is -2.20. The van der Waals surface area contributed by atoms with Gasteiger partial charge < -0.3 is 14.8 Å². The Kier molecular flexibility index (Phi) is 4.61. The van der Waals surface area contributed by atoms with Crippen molar-refractivity contribution in [2.45, 2.75) is 6.42 Å². The van der Waals surface area contributed by atoms with E-state index < -0.39 is 0 Å². The van der Waals surface area contributed by atoms with Crippen LogP contribution in [-0.2, 0) is 11.2 Å². The van der Waals surface area contributed by atoms with Gasteiger partial charge in [-0.1, -0.05) is 17.7 Å². The molecule has 2 aromatic heterocycles. The van der Waals surface area contributed by atoms with Crippen LogP contribution in [0.1, 0.15) is 5.56 Å². The van der Waals surface area contributed by atoms with Crippen LogP contribution in [0.2, 0.25) is 5.02 Å². The minimum absolute atomic E-state index is 0.153. The number of aromatic nitrogens is 1. The number of thiazole rings is 1. The third-order valence-electron chi connectivity index (χ3n) is 3.55. The van der Waals surface area contributed by atoms with E-state index in [0.717, 1.165) is 16.1 Å². The summed E-state index contributed by atoms with van der Waals surface area (Å²) in [5.41, 5.74) is 1.64. The van der Waals surface area contributed by atoms with Gasteiger partial charge in [-0.3, -0.25) is 4.79 Å². The van der Waals surface area contributed by atoms with Crippen LogP contribution in [0.25, 0.3) is 10.6 Å². The lowest BCUT2D eigenvalue weighted by Crippen LogP contribution is -2.17. The van der Waals surface area contributed by atoms with Gasteiger partial charge in [-0.2, -0.15) is 0 Å². The largest absolute Gasteiger partial charge is 0.486 e. The number of carbonyl (C=O) groups is 1. The molecular weight excluding hydrogens is 380 g/mol. The van der Waals surface area contributed by atoms with Crippen molar-refractivity contribution in [3.05, 3.63) is 45.6 Å². The molecule has 5 nitrogen and oxygen atoms in total. The molecule has 0 bridgehead atoms. The number of amides is 1. The van der Waals surface area contributed by atoms with Gasteiger partial charge in [-0.05, 0) is 29.1 Å². The summed E-state index contributed by atoms with van der Waals surface area (Å²) in [5.74, 6) is 0.966. The molecule has 1 aliphatic rings. The highest BCUT2D eigenvalue weighted by Gasteiger charge is 2.18. The van der Waals surface area contributed by atoms with Gasteiger partial charge in [-0.15, -0.1) is 22.7 Å². The quantitative estimate of drug-likeness (QED) is 0.711. The number of nitrogens with one attached hydrogen (secondary N) is 1. The molecule has 1 amide bonds. The second-order valence-electron chi connectivity index (χ2n) is 5.34. The van der Waals surface area contributed by atoms with Crippen LogP contribution < -0.4 is 14.8 Å². The molecule has 3 heterocycles. The van der Waals surface area contributed by atoms with E-state index in [-0.39, 0.29) is 12.3 Å². The maximum Gasteiger partial charge on any atom is 0.230 e. The topological polar surface area (TPSA) is 60.5 Å². The monoisotopic (exact) mass is 392 g/mol. The van der Waals surface area contributed by atoms with Crippen LogP contribution in [0.5, 0.6) is 11.5 Å². The zero-order chi connectivity index (χ0) is 17.2. The molecule has 1 aliphatic heterocycles. The third kappa shape index (κ3) is 3.63. The Morgan fingerprint density at radius 1 is 1.28 bits per heavy atom. The van der Waals surface area contributed by atoms with Gasteiger partial charge in [0, 0.05) is 5.38 Å². The molecule has 128 valence electrons. The van der Waals surface area contributed by atoms with Crippen LogP contribution in [0.3, 0.4) is 0 Å². The normalized spacial score (nSPS) is 12.8. The standard InChI is InChI=1S/C17H13ClN2O3S2/c18-11-6-10(7-13-16(11)23-4-3-22-13)8-15(21)20-17-19-12(9-25-17)14-2-1-5-24-14/h1-2,5-7,9H,3-4,8H2,(H,19,20,21). The number of hydrogen-bond acceptors (Lipinski definition) is 6.